The van der Waals surface area contributed by atoms with E-state index in [1.165, 1.54) is 11.3 Å². The largest absolute Gasteiger partial charge is 0.494 e. The number of aliphatic carboxylic acids is 1. The van der Waals surface area contributed by atoms with Crippen molar-refractivity contribution in [2.75, 3.05) is 6.61 Å². The van der Waals surface area contributed by atoms with Gasteiger partial charge in [-0.2, -0.15) is 0 Å². The molecule has 0 saturated heterocycles. The highest BCUT2D eigenvalue weighted by Gasteiger charge is 2.07. The van der Waals surface area contributed by atoms with Crippen LogP contribution in [0.3, 0.4) is 0 Å². The van der Waals surface area contributed by atoms with E-state index >= 15 is 0 Å². The van der Waals surface area contributed by atoms with E-state index in [0.717, 1.165) is 23.4 Å². The van der Waals surface area contributed by atoms with Gasteiger partial charge in [-0.1, -0.05) is 6.92 Å². The lowest BCUT2D eigenvalue weighted by molar-refractivity contribution is -0.136. The van der Waals surface area contributed by atoms with Crippen molar-refractivity contribution in [1.29, 1.82) is 0 Å². The zero-order chi connectivity index (χ0) is 13.7. The summed E-state index contributed by atoms with van der Waals surface area (Å²) in [4.78, 5) is 14.9. The van der Waals surface area contributed by atoms with Crippen LogP contribution >= 0.6 is 11.3 Å². The maximum absolute atomic E-state index is 10.6. The second-order valence-corrected chi connectivity index (χ2v) is 5.01. The highest BCUT2D eigenvalue weighted by Crippen LogP contribution is 2.24. The number of hydrogen-bond donors (Lipinski definition) is 1. The molecule has 2 rings (SSSR count). The Bertz CT molecular complexity index is 548. The minimum Gasteiger partial charge on any atom is -0.494 e. The molecule has 4 nitrogen and oxygen atoms in total. The van der Waals surface area contributed by atoms with E-state index in [9.17, 15) is 4.79 Å². The average Bonchev–Trinajstić information content (AvgIpc) is 2.84. The number of rotatable bonds is 6. The van der Waals surface area contributed by atoms with E-state index in [0.29, 0.717) is 11.6 Å². The van der Waals surface area contributed by atoms with Crippen LogP contribution in [0.1, 0.15) is 18.4 Å². The lowest BCUT2D eigenvalue weighted by Crippen LogP contribution is -1.99. The number of carboxylic acids is 1. The van der Waals surface area contributed by atoms with Crippen LogP contribution in [0.2, 0.25) is 0 Å². The van der Waals surface area contributed by atoms with Crippen LogP contribution in [0.25, 0.3) is 11.3 Å². The molecule has 2 aromatic rings. The van der Waals surface area contributed by atoms with Gasteiger partial charge in [0, 0.05) is 10.9 Å². The summed E-state index contributed by atoms with van der Waals surface area (Å²) in [5.41, 5.74) is 1.78. The first-order chi connectivity index (χ1) is 9.19. The van der Waals surface area contributed by atoms with Crippen molar-refractivity contribution in [2.24, 2.45) is 0 Å². The topological polar surface area (TPSA) is 59.4 Å². The Kier molecular flexibility index (Phi) is 4.52. The molecule has 19 heavy (non-hydrogen) atoms. The molecular weight excluding hydrogens is 262 g/mol. The van der Waals surface area contributed by atoms with Crippen molar-refractivity contribution in [1.82, 2.24) is 4.98 Å². The SMILES string of the molecule is CCCOc1ccc(-c2csc(CC(=O)O)n2)cc1. The summed E-state index contributed by atoms with van der Waals surface area (Å²) >= 11 is 1.37. The standard InChI is InChI=1S/C14H15NO3S/c1-2-7-18-11-5-3-10(4-6-11)12-9-19-13(15-12)8-14(16)17/h3-6,9H,2,7-8H2,1H3,(H,16,17). The molecule has 1 aromatic heterocycles. The predicted molar refractivity (Wildman–Crippen MR) is 74.7 cm³/mol. The summed E-state index contributed by atoms with van der Waals surface area (Å²) < 4.78 is 5.51. The monoisotopic (exact) mass is 277 g/mol. The number of benzene rings is 1. The molecule has 0 spiro atoms. The third-order valence-corrected chi connectivity index (χ3v) is 3.33. The first kappa shape index (κ1) is 13.5. The Labute approximate surface area is 115 Å². The minimum atomic E-state index is -0.857. The molecule has 5 heteroatoms. The highest BCUT2D eigenvalue weighted by molar-refractivity contribution is 7.10. The van der Waals surface area contributed by atoms with E-state index in [4.69, 9.17) is 9.84 Å². The van der Waals surface area contributed by atoms with E-state index in [1.54, 1.807) is 0 Å². The number of carboxylic acid groups (broad SMARTS) is 1. The number of thiazole rings is 1. The van der Waals surface area contributed by atoms with Crippen LogP contribution < -0.4 is 4.74 Å². The van der Waals surface area contributed by atoms with Gasteiger partial charge in [-0.25, -0.2) is 4.98 Å². The Balaban J connectivity index is 2.09. The van der Waals surface area contributed by atoms with E-state index in [-0.39, 0.29) is 6.42 Å². The summed E-state index contributed by atoms with van der Waals surface area (Å²) in [6.45, 7) is 2.77. The Hall–Kier alpha value is -1.88. The number of carbonyl (C=O) groups is 1. The summed E-state index contributed by atoms with van der Waals surface area (Å²) in [5.74, 6) is -0.0178. The first-order valence-corrected chi connectivity index (χ1v) is 6.96. The zero-order valence-electron chi connectivity index (χ0n) is 10.6. The molecule has 0 bridgehead atoms. The third kappa shape index (κ3) is 3.79. The van der Waals surface area contributed by atoms with Gasteiger partial charge in [0.2, 0.25) is 0 Å². The van der Waals surface area contributed by atoms with E-state index in [2.05, 4.69) is 11.9 Å². The predicted octanol–water partition coefficient (Wildman–Crippen LogP) is 3.23. The van der Waals surface area contributed by atoms with Gasteiger partial charge in [-0.05, 0) is 30.7 Å². The molecule has 0 radical (unpaired) electrons. The first-order valence-electron chi connectivity index (χ1n) is 6.08. The van der Waals surface area contributed by atoms with Crippen molar-refractivity contribution in [3.05, 3.63) is 34.7 Å². The number of nitrogens with zero attached hydrogens (tertiary/aromatic N) is 1. The molecule has 1 heterocycles. The molecule has 1 aromatic carbocycles. The summed E-state index contributed by atoms with van der Waals surface area (Å²) in [7, 11) is 0. The van der Waals surface area contributed by atoms with Crippen molar-refractivity contribution in [2.45, 2.75) is 19.8 Å². The van der Waals surface area contributed by atoms with E-state index < -0.39 is 5.97 Å². The van der Waals surface area contributed by atoms with Crippen LogP contribution in [-0.4, -0.2) is 22.7 Å². The van der Waals surface area contributed by atoms with Crippen LogP contribution in [0.5, 0.6) is 5.75 Å². The number of hydrogen-bond acceptors (Lipinski definition) is 4. The Morgan fingerprint density at radius 3 is 2.74 bits per heavy atom. The van der Waals surface area contributed by atoms with Crippen LogP contribution in [0, 0.1) is 0 Å². The molecular formula is C14H15NO3S. The third-order valence-electron chi connectivity index (χ3n) is 2.48. The lowest BCUT2D eigenvalue weighted by Gasteiger charge is -2.04. The summed E-state index contributed by atoms with van der Waals surface area (Å²) in [6.07, 6.45) is 0.953. The van der Waals surface area contributed by atoms with E-state index in [1.807, 2.05) is 29.6 Å². The molecule has 0 fully saturated rings. The van der Waals surface area contributed by atoms with Crippen LogP contribution in [0.15, 0.2) is 29.6 Å². The fourth-order valence-electron chi connectivity index (χ4n) is 1.60. The zero-order valence-corrected chi connectivity index (χ0v) is 11.4. The van der Waals surface area contributed by atoms with Gasteiger partial charge in [-0.15, -0.1) is 11.3 Å². The maximum atomic E-state index is 10.6. The molecule has 0 atom stereocenters. The van der Waals surface area contributed by atoms with Crippen LogP contribution in [-0.2, 0) is 11.2 Å². The molecule has 0 saturated carbocycles. The molecule has 0 amide bonds. The number of ether oxygens (including phenoxy) is 1. The second-order valence-electron chi connectivity index (χ2n) is 4.07. The minimum absolute atomic E-state index is 0.0254. The number of aromatic nitrogens is 1. The highest BCUT2D eigenvalue weighted by atomic mass is 32.1. The van der Waals surface area contributed by atoms with Crippen molar-refractivity contribution in [3.63, 3.8) is 0 Å². The van der Waals surface area contributed by atoms with Crippen molar-refractivity contribution < 1.29 is 14.6 Å². The van der Waals surface area contributed by atoms with Gasteiger partial charge < -0.3 is 9.84 Å². The molecule has 100 valence electrons. The molecule has 0 unspecified atom stereocenters. The molecule has 0 aliphatic rings. The Morgan fingerprint density at radius 2 is 2.11 bits per heavy atom. The molecule has 0 aliphatic carbocycles. The van der Waals surface area contributed by atoms with Gasteiger partial charge in [0.15, 0.2) is 0 Å². The van der Waals surface area contributed by atoms with Gasteiger partial charge in [-0.3, -0.25) is 4.79 Å². The van der Waals surface area contributed by atoms with Crippen LogP contribution in [0.4, 0.5) is 0 Å². The smallest absolute Gasteiger partial charge is 0.310 e. The fourth-order valence-corrected chi connectivity index (χ4v) is 2.39. The quantitative estimate of drug-likeness (QED) is 0.880. The van der Waals surface area contributed by atoms with Crippen molar-refractivity contribution in [3.8, 4) is 17.0 Å². The normalized spacial score (nSPS) is 10.4. The second kappa shape index (κ2) is 6.33. The summed E-state index contributed by atoms with van der Waals surface area (Å²) in [5, 5.41) is 11.2. The lowest BCUT2D eigenvalue weighted by atomic mass is 10.2. The van der Waals surface area contributed by atoms with Gasteiger partial charge in [0.05, 0.1) is 18.7 Å². The van der Waals surface area contributed by atoms with Gasteiger partial charge in [0.25, 0.3) is 0 Å². The molecule has 0 aliphatic heterocycles. The Morgan fingerprint density at radius 1 is 1.37 bits per heavy atom. The van der Waals surface area contributed by atoms with Gasteiger partial charge >= 0.3 is 5.97 Å². The average molecular weight is 277 g/mol. The molecule has 1 N–H and O–H groups in total. The maximum Gasteiger partial charge on any atom is 0.310 e. The van der Waals surface area contributed by atoms with Gasteiger partial charge in [0.1, 0.15) is 10.8 Å². The van der Waals surface area contributed by atoms with Crippen molar-refractivity contribution >= 4 is 17.3 Å². The fraction of sp³-hybridized carbons (Fsp3) is 0.286. The summed E-state index contributed by atoms with van der Waals surface area (Å²) in [6, 6.07) is 7.68.